The van der Waals surface area contributed by atoms with Crippen LogP contribution in [0.2, 0.25) is 0 Å². The summed E-state index contributed by atoms with van der Waals surface area (Å²) >= 11 is 0. The Morgan fingerprint density at radius 3 is 2.62 bits per heavy atom. The Morgan fingerprint density at radius 2 is 1.86 bits per heavy atom. The largest absolute Gasteiger partial charge is 0.480 e. The van der Waals surface area contributed by atoms with Crippen LogP contribution in [-0.2, 0) is 4.79 Å². The molecule has 0 spiro atoms. The van der Waals surface area contributed by atoms with E-state index in [0.29, 0.717) is 12.1 Å². The van der Waals surface area contributed by atoms with Crippen molar-refractivity contribution >= 4 is 22.6 Å². The lowest BCUT2D eigenvalue weighted by Gasteiger charge is -2.24. The van der Waals surface area contributed by atoms with Gasteiger partial charge in [0, 0.05) is 12.1 Å². The van der Waals surface area contributed by atoms with E-state index in [2.05, 4.69) is 0 Å². The fraction of sp³-hybridized carbons (Fsp3) is 0.294. The van der Waals surface area contributed by atoms with E-state index in [0.717, 1.165) is 17.2 Å². The molecule has 0 aliphatic carbocycles. The molecule has 0 radical (unpaired) electrons. The highest BCUT2D eigenvalue weighted by molar-refractivity contribution is 6.08. The third kappa shape index (κ3) is 2.27. The maximum atomic E-state index is 12.8. The van der Waals surface area contributed by atoms with Crippen molar-refractivity contribution in [1.82, 2.24) is 4.90 Å². The zero-order chi connectivity index (χ0) is 15.0. The SMILES string of the molecule is CC1CCN(C(=O)c2cccc3ccccc23)C1C(=O)O. The molecule has 1 saturated heterocycles. The molecular weight excluding hydrogens is 266 g/mol. The van der Waals surface area contributed by atoms with Gasteiger partial charge in [0.2, 0.25) is 0 Å². The number of hydrogen-bond acceptors (Lipinski definition) is 2. The molecular formula is C17H17NO3. The van der Waals surface area contributed by atoms with Gasteiger partial charge in [-0.1, -0.05) is 43.3 Å². The van der Waals surface area contributed by atoms with Gasteiger partial charge in [-0.25, -0.2) is 4.79 Å². The van der Waals surface area contributed by atoms with E-state index < -0.39 is 12.0 Å². The Hall–Kier alpha value is -2.36. The second-order valence-electron chi connectivity index (χ2n) is 5.57. The Morgan fingerprint density at radius 1 is 1.14 bits per heavy atom. The van der Waals surface area contributed by atoms with Crippen LogP contribution in [0.15, 0.2) is 42.5 Å². The Kier molecular flexibility index (Phi) is 3.37. The Labute approximate surface area is 123 Å². The lowest BCUT2D eigenvalue weighted by molar-refractivity contribution is -0.142. The van der Waals surface area contributed by atoms with Gasteiger partial charge >= 0.3 is 5.97 Å². The highest BCUT2D eigenvalue weighted by atomic mass is 16.4. The minimum Gasteiger partial charge on any atom is -0.480 e. The van der Waals surface area contributed by atoms with Crippen LogP contribution < -0.4 is 0 Å². The second-order valence-corrected chi connectivity index (χ2v) is 5.57. The van der Waals surface area contributed by atoms with Crippen LogP contribution in [-0.4, -0.2) is 34.5 Å². The minimum atomic E-state index is -0.923. The number of benzene rings is 2. The molecule has 0 saturated carbocycles. The molecule has 1 N–H and O–H groups in total. The summed E-state index contributed by atoms with van der Waals surface area (Å²) in [7, 11) is 0. The molecule has 4 nitrogen and oxygen atoms in total. The first-order chi connectivity index (χ1) is 10.1. The predicted molar refractivity (Wildman–Crippen MR) is 80.2 cm³/mol. The molecule has 3 rings (SSSR count). The third-order valence-electron chi connectivity index (χ3n) is 4.23. The first-order valence-electron chi connectivity index (χ1n) is 7.11. The summed E-state index contributed by atoms with van der Waals surface area (Å²) in [6.45, 7) is 2.38. The van der Waals surface area contributed by atoms with Crippen LogP contribution in [0.25, 0.3) is 10.8 Å². The van der Waals surface area contributed by atoms with Gasteiger partial charge in [0.15, 0.2) is 0 Å². The number of carbonyl (C=O) groups is 2. The average Bonchev–Trinajstić information content (AvgIpc) is 2.88. The van der Waals surface area contributed by atoms with Crippen molar-refractivity contribution in [3.63, 3.8) is 0 Å². The number of amides is 1. The zero-order valence-electron chi connectivity index (χ0n) is 11.8. The van der Waals surface area contributed by atoms with Crippen LogP contribution >= 0.6 is 0 Å². The Bertz CT molecular complexity index is 705. The van der Waals surface area contributed by atoms with Gasteiger partial charge < -0.3 is 10.0 Å². The molecule has 1 heterocycles. The number of aliphatic carboxylic acids is 1. The van der Waals surface area contributed by atoms with Crippen LogP contribution in [0.5, 0.6) is 0 Å². The molecule has 2 aromatic rings. The first kappa shape index (κ1) is 13.6. The maximum absolute atomic E-state index is 12.8. The van der Waals surface area contributed by atoms with Gasteiger partial charge in [-0.05, 0) is 29.2 Å². The molecule has 4 heteroatoms. The summed E-state index contributed by atoms with van der Waals surface area (Å²) in [6, 6.07) is 12.5. The number of rotatable bonds is 2. The number of carboxylic acids is 1. The molecule has 1 fully saturated rings. The van der Waals surface area contributed by atoms with Gasteiger partial charge in [-0.2, -0.15) is 0 Å². The lowest BCUT2D eigenvalue weighted by atomic mass is 10.0. The zero-order valence-corrected chi connectivity index (χ0v) is 11.8. The van der Waals surface area contributed by atoms with E-state index in [-0.39, 0.29) is 11.8 Å². The average molecular weight is 283 g/mol. The van der Waals surface area contributed by atoms with E-state index in [1.165, 1.54) is 4.90 Å². The van der Waals surface area contributed by atoms with E-state index in [9.17, 15) is 14.7 Å². The number of fused-ring (bicyclic) bond motifs is 1. The number of carboxylic acid groups (broad SMARTS) is 1. The van der Waals surface area contributed by atoms with Crippen LogP contribution in [0, 0.1) is 5.92 Å². The van der Waals surface area contributed by atoms with Crippen molar-refractivity contribution in [3.8, 4) is 0 Å². The summed E-state index contributed by atoms with van der Waals surface area (Å²) in [5, 5.41) is 11.2. The molecule has 0 aromatic heterocycles. The molecule has 2 atom stereocenters. The molecule has 0 bridgehead atoms. The normalized spacial score (nSPS) is 21.7. The minimum absolute atomic E-state index is 0.0126. The predicted octanol–water partition coefficient (Wildman–Crippen LogP) is 2.78. The summed E-state index contributed by atoms with van der Waals surface area (Å²) in [5.74, 6) is -1.13. The van der Waals surface area contributed by atoms with Crippen molar-refractivity contribution in [2.75, 3.05) is 6.54 Å². The third-order valence-corrected chi connectivity index (χ3v) is 4.23. The second kappa shape index (κ2) is 5.20. The van der Waals surface area contributed by atoms with Gasteiger partial charge in [-0.15, -0.1) is 0 Å². The highest BCUT2D eigenvalue weighted by Gasteiger charge is 2.39. The highest BCUT2D eigenvalue weighted by Crippen LogP contribution is 2.28. The first-order valence-corrected chi connectivity index (χ1v) is 7.11. The lowest BCUT2D eigenvalue weighted by Crippen LogP contribution is -2.42. The molecule has 1 aliphatic rings. The summed E-state index contributed by atoms with van der Waals surface area (Å²) in [4.78, 5) is 25.7. The van der Waals surface area contributed by atoms with Gasteiger partial charge in [0.25, 0.3) is 5.91 Å². The number of likely N-dealkylation sites (tertiary alicyclic amines) is 1. The van der Waals surface area contributed by atoms with Crippen molar-refractivity contribution in [3.05, 3.63) is 48.0 Å². The molecule has 1 aliphatic heterocycles. The Balaban J connectivity index is 2.03. The van der Waals surface area contributed by atoms with E-state index in [1.807, 2.05) is 43.3 Å². The van der Waals surface area contributed by atoms with E-state index in [4.69, 9.17) is 0 Å². The van der Waals surface area contributed by atoms with Crippen LogP contribution in [0.1, 0.15) is 23.7 Å². The molecule has 1 amide bonds. The number of nitrogens with zero attached hydrogens (tertiary/aromatic N) is 1. The summed E-state index contributed by atoms with van der Waals surface area (Å²) < 4.78 is 0. The van der Waals surface area contributed by atoms with E-state index >= 15 is 0 Å². The van der Waals surface area contributed by atoms with Crippen LogP contribution in [0.4, 0.5) is 0 Å². The smallest absolute Gasteiger partial charge is 0.326 e. The summed E-state index contributed by atoms with van der Waals surface area (Å²) in [5.41, 5.74) is 0.577. The quantitative estimate of drug-likeness (QED) is 0.922. The topological polar surface area (TPSA) is 57.6 Å². The molecule has 108 valence electrons. The number of hydrogen-bond donors (Lipinski definition) is 1. The van der Waals surface area contributed by atoms with Crippen molar-refractivity contribution < 1.29 is 14.7 Å². The molecule has 2 aromatic carbocycles. The standard InChI is InChI=1S/C17H17NO3/c1-11-9-10-18(15(11)17(20)21)16(19)14-8-4-6-12-5-2-3-7-13(12)14/h2-8,11,15H,9-10H2,1H3,(H,20,21). The molecule has 2 unspecified atom stereocenters. The monoisotopic (exact) mass is 283 g/mol. The number of carbonyl (C=O) groups excluding carboxylic acids is 1. The molecule has 21 heavy (non-hydrogen) atoms. The van der Waals surface area contributed by atoms with Gasteiger partial charge in [0.05, 0.1) is 0 Å². The van der Waals surface area contributed by atoms with Crippen molar-refractivity contribution in [1.29, 1.82) is 0 Å². The maximum Gasteiger partial charge on any atom is 0.326 e. The summed E-state index contributed by atoms with van der Waals surface area (Å²) in [6.07, 6.45) is 0.730. The fourth-order valence-electron chi connectivity index (χ4n) is 3.12. The van der Waals surface area contributed by atoms with Crippen LogP contribution in [0.3, 0.4) is 0 Å². The van der Waals surface area contributed by atoms with Gasteiger partial charge in [0.1, 0.15) is 6.04 Å². The fourth-order valence-corrected chi connectivity index (χ4v) is 3.12. The van der Waals surface area contributed by atoms with Gasteiger partial charge in [-0.3, -0.25) is 4.79 Å². The van der Waals surface area contributed by atoms with Crippen molar-refractivity contribution in [2.45, 2.75) is 19.4 Å². The van der Waals surface area contributed by atoms with Crippen molar-refractivity contribution in [2.24, 2.45) is 5.92 Å². The van der Waals surface area contributed by atoms with E-state index in [1.54, 1.807) is 6.07 Å².